The van der Waals surface area contributed by atoms with E-state index in [2.05, 4.69) is 193 Å². The largest absolute Gasteiger partial charge is 0.489 e. The van der Waals surface area contributed by atoms with Gasteiger partial charge < -0.3 is 14.5 Å². The number of hydrogen-bond acceptors (Lipinski definition) is 3. The number of anilines is 6. The Labute approximate surface area is 306 Å². The monoisotopic (exact) mass is 672 g/mol. The molecule has 0 fully saturated rings. The van der Waals surface area contributed by atoms with Crippen molar-refractivity contribution in [3.05, 3.63) is 171 Å². The zero-order valence-corrected chi connectivity index (χ0v) is 31.8. The van der Waals surface area contributed by atoms with Crippen LogP contribution in [0.25, 0.3) is 0 Å². The highest BCUT2D eigenvalue weighted by Gasteiger charge is 2.25. The summed E-state index contributed by atoms with van der Waals surface area (Å²) in [6, 6.07) is 44.4. The molecule has 0 atom stereocenters. The third kappa shape index (κ3) is 8.21. The summed E-state index contributed by atoms with van der Waals surface area (Å²) in [4.78, 5) is 4.83. The normalized spacial score (nSPS) is 11.2. The summed E-state index contributed by atoms with van der Waals surface area (Å²) in [6.07, 6.45) is 1.08. The molecule has 3 heteroatoms. The molecule has 6 rings (SSSR count). The maximum absolute atomic E-state index is 6.80. The number of hydrogen-bond donors (Lipinski definition) is 0. The first kappa shape index (κ1) is 35.5. The fourth-order valence-corrected chi connectivity index (χ4v) is 6.89. The van der Waals surface area contributed by atoms with Crippen LogP contribution in [0.3, 0.4) is 0 Å². The molecule has 6 aromatic rings. The van der Waals surface area contributed by atoms with Gasteiger partial charge in [-0.25, -0.2) is 0 Å². The molecule has 0 spiro atoms. The summed E-state index contributed by atoms with van der Waals surface area (Å²) >= 11 is 0. The van der Waals surface area contributed by atoms with Gasteiger partial charge in [-0.05, 0) is 147 Å². The van der Waals surface area contributed by atoms with E-state index in [0.29, 0.717) is 12.5 Å². The van der Waals surface area contributed by atoms with E-state index in [1.807, 2.05) is 0 Å². The minimum atomic E-state index is 0.478. The van der Waals surface area contributed by atoms with Gasteiger partial charge in [0.2, 0.25) is 0 Å². The van der Waals surface area contributed by atoms with E-state index in [1.54, 1.807) is 0 Å². The lowest BCUT2D eigenvalue weighted by molar-refractivity contribution is 0.306. The highest BCUT2D eigenvalue weighted by Crippen LogP contribution is 2.47. The van der Waals surface area contributed by atoms with Gasteiger partial charge in [-0.3, -0.25) is 0 Å². The minimum Gasteiger partial charge on any atom is -0.489 e. The average Bonchev–Trinajstić information content (AvgIpc) is 3.09. The van der Waals surface area contributed by atoms with E-state index in [-0.39, 0.29) is 0 Å². The predicted octanol–water partition coefficient (Wildman–Crippen LogP) is 13.6. The Morgan fingerprint density at radius 1 is 0.471 bits per heavy atom. The topological polar surface area (TPSA) is 15.7 Å². The van der Waals surface area contributed by atoms with Crippen molar-refractivity contribution in [2.24, 2.45) is 5.92 Å². The molecule has 0 saturated carbocycles. The van der Waals surface area contributed by atoms with Gasteiger partial charge in [0.25, 0.3) is 0 Å². The Balaban J connectivity index is 1.59. The van der Waals surface area contributed by atoms with E-state index in [4.69, 9.17) is 4.74 Å². The van der Waals surface area contributed by atoms with Gasteiger partial charge in [-0.2, -0.15) is 0 Å². The molecule has 0 saturated heterocycles. The van der Waals surface area contributed by atoms with Gasteiger partial charge >= 0.3 is 0 Å². The van der Waals surface area contributed by atoms with Crippen molar-refractivity contribution < 1.29 is 4.74 Å². The van der Waals surface area contributed by atoms with Crippen LogP contribution >= 0.6 is 0 Å². The lowest BCUT2D eigenvalue weighted by Crippen LogP contribution is -2.17. The molecular weight excluding hydrogens is 621 g/mol. The van der Waals surface area contributed by atoms with Crippen molar-refractivity contribution in [1.29, 1.82) is 0 Å². The second kappa shape index (κ2) is 15.3. The smallest absolute Gasteiger partial charge is 0.124 e. The van der Waals surface area contributed by atoms with Crippen molar-refractivity contribution in [3.63, 3.8) is 0 Å². The van der Waals surface area contributed by atoms with Crippen LogP contribution in [0, 0.1) is 54.4 Å². The third-order valence-corrected chi connectivity index (χ3v) is 9.61. The minimum absolute atomic E-state index is 0.478. The molecule has 0 bridgehead atoms. The van der Waals surface area contributed by atoms with Crippen LogP contribution < -0.4 is 14.5 Å². The highest BCUT2D eigenvalue weighted by molar-refractivity contribution is 5.89. The van der Waals surface area contributed by atoms with Crippen LogP contribution in [-0.2, 0) is 13.0 Å². The molecule has 0 unspecified atom stereocenters. The maximum atomic E-state index is 6.80. The van der Waals surface area contributed by atoms with Gasteiger partial charge in [0.1, 0.15) is 12.4 Å². The maximum Gasteiger partial charge on any atom is 0.124 e. The zero-order valence-electron chi connectivity index (χ0n) is 31.8. The van der Waals surface area contributed by atoms with E-state index in [1.165, 1.54) is 38.9 Å². The zero-order chi connectivity index (χ0) is 36.2. The molecule has 0 aromatic heterocycles. The second-order valence-electron chi connectivity index (χ2n) is 14.7. The van der Waals surface area contributed by atoms with Crippen LogP contribution in [-0.4, -0.2) is 0 Å². The van der Waals surface area contributed by atoms with Gasteiger partial charge in [-0.15, -0.1) is 0 Å². The molecule has 0 amide bonds. The third-order valence-electron chi connectivity index (χ3n) is 9.61. The molecule has 260 valence electrons. The Hall–Kier alpha value is -5.28. The summed E-state index contributed by atoms with van der Waals surface area (Å²) in [7, 11) is 0. The number of benzene rings is 6. The van der Waals surface area contributed by atoms with Gasteiger partial charge in [-0.1, -0.05) is 86.6 Å². The Bertz CT molecular complexity index is 2020. The summed E-state index contributed by atoms with van der Waals surface area (Å²) in [6.45, 7) is 20.3. The molecule has 0 radical (unpaired) electrons. The van der Waals surface area contributed by atoms with Crippen molar-refractivity contribution in [1.82, 2.24) is 0 Å². The summed E-state index contributed by atoms with van der Waals surface area (Å²) in [5, 5.41) is 0. The van der Waals surface area contributed by atoms with Crippen LogP contribution in [0.1, 0.15) is 63.9 Å². The molecule has 0 aliphatic carbocycles. The fraction of sp³-hybridized carbons (Fsp3) is 0.250. The molecular formula is C48H52N2O. The molecule has 0 aliphatic rings. The SMILES string of the molecule is Cc1cccc(N(c2cc(C)ccc2C)c2cc(OCc3ccc(CC(C)C)cc3)cc(N(c3cccc(C)c3)c3cc(C)ccc3C)c2C)c1. The first-order valence-corrected chi connectivity index (χ1v) is 18.2. The molecule has 51 heavy (non-hydrogen) atoms. The lowest BCUT2D eigenvalue weighted by atomic mass is 10.0. The number of rotatable bonds is 11. The molecule has 3 nitrogen and oxygen atoms in total. The van der Waals surface area contributed by atoms with Crippen molar-refractivity contribution in [2.45, 2.75) is 75.3 Å². The fourth-order valence-electron chi connectivity index (χ4n) is 6.89. The van der Waals surface area contributed by atoms with Crippen LogP contribution in [0.5, 0.6) is 5.75 Å². The molecule has 0 N–H and O–H groups in total. The first-order valence-electron chi connectivity index (χ1n) is 18.2. The average molecular weight is 673 g/mol. The Morgan fingerprint density at radius 2 is 0.922 bits per heavy atom. The summed E-state index contributed by atoms with van der Waals surface area (Å²) in [5.41, 5.74) is 17.7. The molecule has 0 aliphatic heterocycles. The van der Waals surface area contributed by atoms with Crippen LogP contribution in [0.2, 0.25) is 0 Å². The predicted molar refractivity (Wildman–Crippen MR) is 218 cm³/mol. The van der Waals surface area contributed by atoms with Gasteiger partial charge in [0.05, 0.1) is 11.4 Å². The number of nitrogens with zero attached hydrogens (tertiary/aromatic N) is 2. The van der Waals surface area contributed by atoms with Crippen molar-refractivity contribution >= 4 is 34.1 Å². The van der Waals surface area contributed by atoms with Gasteiger partial charge in [0, 0.05) is 34.9 Å². The molecule has 6 aromatic carbocycles. The van der Waals surface area contributed by atoms with E-state index in [9.17, 15) is 0 Å². The van der Waals surface area contributed by atoms with Crippen LogP contribution in [0.15, 0.2) is 121 Å². The first-order chi connectivity index (χ1) is 24.5. The Morgan fingerprint density at radius 3 is 1.37 bits per heavy atom. The van der Waals surface area contributed by atoms with Crippen molar-refractivity contribution in [3.8, 4) is 5.75 Å². The summed E-state index contributed by atoms with van der Waals surface area (Å²) in [5.74, 6) is 1.45. The van der Waals surface area contributed by atoms with E-state index in [0.717, 1.165) is 57.4 Å². The highest BCUT2D eigenvalue weighted by atomic mass is 16.5. The summed E-state index contributed by atoms with van der Waals surface area (Å²) < 4.78 is 6.80. The molecule has 0 heterocycles. The number of ether oxygens (including phenoxy) is 1. The number of aryl methyl sites for hydroxylation is 6. The van der Waals surface area contributed by atoms with E-state index >= 15 is 0 Å². The van der Waals surface area contributed by atoms with Crippen LogP contribution in [0.4, 0.5) is 34.1 Å². The van der Waals surface area contributed by atoms with Crippen molar-refractivity contribution in [2.75, 3.05) is 9.80 Å². The standard InChI is InChI=1S/C48H52N2O/c1-32(2)24-40-20-22-41(23-21-40)31-51-44-29-47(49(42-14-10-12-33(3)25-42)45-27-35(5)16-18-37(45)7)39(9)48(30-44)50(43-15-11-13-34(4)26-43)46-28-36(6)17-19-38(46)8/h10-23,25-30,32H,24,31H2,1-9H3. The quantitative estimate of drug-likeness (QED) is 0.136. The van der Waals surface area contributed by atoms with E-state index < -0.39 is 0 Å². The second-order valence-corrected chi connectivity index (χ2v) is 14.7. The van der Waals surface area contributed by atoms with Gasteiger partial charge in [0.15, 0.2) is 0 Å². The lowest BCUT2D eigenvalue weighted by Gasteiger charge is -2.34. The Kier molecular flexibility index (Phi) is 10.7.